The van der Waals surface area contributed by atoms with E-state index >= 15 is 0 Å². The third kappa shape index (κ3) is 3.38. The monoisotopic (exact) mass is 367 g/mol. The van der Waals surface area contributed by atoms with Crippen LogP contribution in [0.15, 0.2) is 23.1 Å². The van der Waals surface area contributed by atoms with Crippen LogP contribution in [-0.4, -0.2) is 57.3 Å². The van der Waals surface area contributed by atoms with E-state index in [4.69, 9.17) is 14.0 Å². The summed E-state index contributed by atoms with van der Waals surface area (Å²) in [6, 6.07) is 5.37. The van der Waals surface area contributed by atoms with Gasteiger partial charge in [0.05, 0.1) is 29.3 Å². The van der Waals surface area contributed by atoms with Crippen molar-refractivity contribution >= 4 is 22.6 Å². The predicted molar refractivity (Wildman–Crippen MR) is 96.5 cm³/mol. The van der Waals surface area contributed by atoms with Crippen molar-refractivity contribution in [2.45, 2.75) is 50.7 Å². The summed E-state index contributed by atoms with van der Waals surface area (Å²) in [5.41, 5.74) is 0.500. The molecule has 2 aliphatic rings. The molecule has 8 heteroatoms. The van der Waals surface area contributed by atoms with E-state index in [-0.39, 0.29) is 0 Å². The zero-order valence-corrected chi connectivity index (χ0v) is 16.4. The van der Waals surface area contributed by atoms with Crippen LogP contribution in [0.25, 0.3) is 0 Å². The van der Waals surface area contributed by atoms with E-state index in [0.717, 1.165) is 5.46 Å². The Morgan fingerprint density at radius 1 is 1.04 bits per heavy atom. The zero-order chi connectivity index (χ0) is 18.5. The average molecular weight is 367 g/mol. The normalized spacial score (nSPS) is 23.8. The Labute approximate surface area is 150 Å². The van der Waals surface area contributed by atoms with Crippen molar-refractivity contribution in [2.75, 3.05) is 26.3 Å². The molecule has 138 valence electrons. The summed E-state index contributed by atoms with van der Waals surface area (Å²) in [7, 11) is -4.14. The van der Waals surface area contributed by atoms with Gasteiger partial charge < -0.3 is 14.0 Å². The first-order valence-corrected chi connectivity index (χ1v) is 10.0. The van der Waals surface area contributed by atoms with Crippen LogP contribution >= 0.6 is 0 Å². The summed E-state index contributed by atoms with van der Waals surface area (Å²) in [5, 5.41) is 0. The smallest absolute Gasteiger partial charge is 0.399 e. The molecule has 0 aromatic heterocycles. The lowest BCUT2D eigenvalue weighted by Crippen LogP contribution is -2.41. The number of hydrogen-bond acceptors (Lipinski definition) is 5. The minimum absolute atomic E-state index is 0.307. The van der Waals surface area contributed by atoms with E-state index < -0.39 is 28.3 Å². The van der Waals surface area contributed by atoms with Crippen molar-refractivity contribution in [3.05, 3.63) is 23.8 Å². The largest absolute Gasteiger partial charge is 0.494 e. The number of sulfonamides is 1. The quantitative estimate of drug-likeness (QED) is 0.754. The van der Waals surface area contributed by atoms with E-state index in [2.05, 4.69) is 0 Å². The molecule has 1 aromatic carbocycles. The van der Waals surface area contributed by atoms with E-state index in [1.54, 1.807) is 13.0 Å². The second kappa shape index (κ2) is 6.35. The van der Waals surface area contributed by atoms with Gasteiger partial charge in [-0.3, -0.25) is 0 Å². The van der Waals surface area contributed by atoms with E-state index in [1.165, 1.54) is 4.31 Å². The number of benzene rings is 1. The number of hydrogen-bond donors (Lipinski definition) is 0. The highest BCUT2D eigenvalue weighted by Gasteiger charge is 2.51. The third-order valence-electron chi connectivity index (χ3n) is 5.33. The van der Waals surface area contributed by atoms with Gasteiger partial charge >= 0.3 is 7.12 Å². The molecule has 0 saturated carbocycles. The van der Waals surface area contributed by atoms with Crippen LogP contribution in [0, 0.1) is 6.92 Å². The maximum atomic E-state index is 13.0. The lowest BCUT2D eigenvalue weighted by Gasteiger charge is -2.32. The molecule has 0 atom stereocenters. The first-order valence-electron chi connectivity index (χ1n) is 8.59. The molecule has 0 N–H and O–H groups in total. The fourth-order valence-electron chi connectivity index (χ4n) is 2.95. The Morgan fingerprint density at radius 3 is 2.16 bits per heavy atom. The Hall–Kier alpha value is -0.925. The molecule has 2 saturated heterocycles. The summed E-state index contributed by atoms with van der Waals surface area (Å²) in [5.74, 6) is 0. The van der Waals surface area contributed by atoms with Gasteiger partial charge in [-0.2, -0.15) is 4.31 Å². The summed E-state index contributed by atoms with van der Waals surface area (Å²) in [6.45, 7) is 11.3. The second-order valence-corrected chi connectivity index (χ2v) is 9.54. The maximum Gasteiger partial charge on any atom is 0.494 e. The molecule has 0 amide bonds. The minimum atomic E-state index is -3.56. The third-order valence-corrected chi connectivity index (χ3v) is 7.37. The minimum Gasteiger partial charge on any atom is -0.399 e. The van der Waals surface area contributed by atoms with Crippen LogP contribution < -0.4 is 5.46 Å². The standard InChI is InChI=1S/C17H26BNO5S/c1-13-6-7-14(18-23-16(2,3)17(4,5)24-18)12-15(13)25(20,21)19-8-10-22-11-9-19/h6-7,12H,8-11H2,1-5H3. The van der Waals surface area contributed by atoms with Crippen molar-refractivity contribution in [1.29, 1.82) is 0 Å². The van der Waals surface area contributed by atoms with Gasteiger partial charge in [0, 0.05) is 13.1 Å². The van der Waals surface area contributed by atoms with Gasteiger partial charge in [-0.25, -0.2) is 8.42 Å². The van der Waals surface area contributed by atoms with Crippen LogP contribution in [0.4, 0.5) is 0 Å². The summed E-state index contributed by atoms with van der Waals surface area (Å²) in [6.07, 6.45) is 0. The highest BCUT2D eigenvalue weighted by atomic mass is 32.2. The Kier molecular flexibility index (Phi) is 4.79. The van der Waals surface area contributed by atoms with Gasteiger partial charge in [0.1, 0.15) is 0 Å². The van der Waals surface area contributed by atoms with Gasteiger partial charge in [-0.1, -0.05) is 12.1 Å². The topological polar surface area (TPSA) is 65.1 Å². The Balaban J connectivity index is 1.94. The number of rotatable bonds is 3. The molecule has 0 spiro atoms. The van der Waals surface area contributed by atoms with Crippen LogP contribution in [0.2, 0.25) is 0 Å². The van der Waals surface area contributed by atoms with Crippen molar-refractivity contribution < 1.29 is 22.5 Å². The van der Waals surface area contributed by atoms with Crippen molar-refractivity contribution in [3.8, 4) is 0 Å². The SMILES string of the molecule is Cc1ccc(B2OC(C)(C)C(C)(C)O2)cc1S(=O)(=O)N1CCOCC1. The van der Waals surface area contributed by atoms with Crippen LogP contribution in [0.5, 0.6) is 0 Å². The molecular formula is C17H26BNO5S. The molecule has 0 bridgehead atoms. The van der Waals surface area contributed by atoms with Crippen LogP contribution in [0.1, 0.15) is 33.3 Å². The molecule has 2 fully saturated rings. The van der Waals surface area contributed by atoms with Gasteiger partial charge in [-0.05, 0) is 51.7 Å². The number of aryl methyl sites for hydroxylation is 1. The molecule has 2 aliphatic heterocycles. The fraction of sp³-hybridized carbons (Fsp3) is 0.647. The molecule has 2 heterocycles. The highest BCUT2D eigenvalue weighted by Crippen LogP contribution is 2.36. The van der Waals surface area contributed by atoms with Gasteiger partial charge in [0.25, 0.3) is 0 Å². The lowest BCUT2D eigenvalue weighted by molar-refractivity contribution is 0.00578. The summed E-state index contributed by atoms with van der Waals surface area (Å²) < 4.78 is 44.9. The average Bonchev–Trinajstić information content (AvgIpc) is 2.76. The van der Waals surface area contributed by atoms with Gasteiger partial charge in [0.15, 0.2) is 0 Å². The van der Waals surface area contributed by atoms with Crippen molar-refractivity contribution in [3.63, 3.8) is 0 Å². The lowest BCUT2D eigenvalue weighted by atomic mass is 9.79. The Bertz CT molecular complexity index is 740. The van der Waals surface area contributed by atoms with E-state index in [9.17, 15) is 8.42 Å². The molecule has 0 aliphatic carbocycles. The van der Waals surface area contributed by atoms with Crippen molar-refractivity contribution in [2.24, 2.45) is 0 Å². The van der Waals surface area contributed by atoms with E-state index in [0.29, 0.717) is 36.8 Å². The first kappa shape index (κ1) is 18.9. The molecule has 0 radical (unpaired) electrons. The molecule has 0 unspecified atom stereocenters. The maximum absolute atomic E-state index is 13.0. The number of morpholine rings is 1. The highest BCUT2D eigenvalue weighted by molar-refractivity contribution is 7.89. The summed E-state index contributed by atoms with van der Waals surface area (Å²) in [4.78, 5) is 0.307. The molecule has 3 rings (SSSR count). The van der Waals surface area contributed by atoms with Gasteiger partial charge in [0.2, 0.25) is 10.0 Å². The molecule has 25 heavy (non-hydrogen) atoms. The molecule has 6 nitrogen and oxygen atoms in total. The number of nitrogens with zero attached hydrogens (tertiary/aromatic N) is 1. The Morgan fingerprint density at radius 2 is 1.60 bits per heavy atom. The first-order chi connectivity index (χ1) is 11.5. The second-order valence-electron chi connectivity index (χ2n) is 7.63. The molecular weight excluding hydrogens is 341 g/mol. The van der Waals surface area contributed by atoms with E-state index in [1.807, 2.05) is 39.8 Å². The van der Waals surface area contributed by atoms with Crippen LogP contribution in [-0.2, 0) is 24.1 Å². The predicted octanol–water partition coefficient (Wildman–Crippen LogP) is 1.32. The van der Waals surface area contributed by atoms with Crippen molar-refractivity contribution in [1.82, 2.24) is 4.31 Å². The van der Waals surface area contributed by atoms with Crippen LogP contribution in [0.3, 0.4) is 0 Å². The van der Waals surface area contributed by atoms with Gasteiger partial charge in [-0.15, -0.1) is 0 Å². The number of ether oxygens (including phenoxy) is 1. The summed E-state index contributed by atoms with van der Waals surface area (Å²) >= 11 is 0. The zero-order valence-electron chi connectivity index (χ0n) is 15.5. The molecule has 1 aromatic rings. The fourth-order valence-corrected chi connectivity index (χ4v) is 4.61.